The predicted octanol–water partition coefficient (Wildman–Crippen LogP) is 12.0. The summed E-state index contributed by atoms with van der Waals surface area (Å²) in [7, 11) is 0. The molecule has 3 heterocycles. The normalized spacial score (nSPS) is 14.7. The third kappa shape index (κ3) is 4.46. The molecule has 8 aromatic carbocycles. The Morgan fingerprint density at radius 2 is 1.13 bits per heavy atom. The second-order valence-corrected chi connectivity index (χ2v) is 14.4. The Labute approximate surface area is 303 Å². The fourth-order valence-corrected chi connectivity index (χ4v) is 9.26. The van der Waals surface area contributed by atoms with E-state index in [1.165, 1.54) is 63.5 Å². The first-order valence-electron chi connectivity index (χ1n) is 17.6. The van der Waals surface area contributed by atoms with E-state index in [4.69, 9.17) is 9.98 Å². The largest absolute Gasteiger partial charge is 0.344 e. The first kappa shape index (κ1) is 29.2. The van der Waals surface area contributed by atoms with Crippen LogP contribution >= 0.6 is 11.3 Å². The smallest absolute Gasteiger partial charge is 0.159 e. The predicted molar refractivity (Wildman–Crippen MR) is 221 cm³/mol. The molecule has 1 aliphatic rings. The van der Waals surface area contributed by atoms with Crippen LogP contribution in [-0.2, 0) is 0 Å². The highest BCUT2D eigenvalue weighted by Crippen LogP contribution is 2.41. The second-order valence-electron chi connectivity index (χ2n) is 13.4. The molecule has 5 heteroatoms. The van der Waals surface area contributed by atoms with Crippen molar-refractivity contribution < 1.29 is 0 Å². The molecule has 0 spiro atoms. The van der Waals surface area contributed by atoms with Crippen molar-refractivity contribution in [1.29, 1.82) is 0 Å². The summed E-state index contributed by atoms with van der Waals surface area (Å²) in [6, 6.07) is 60.8. The maximum atomic E-state index is 5.23. The van der Waals surface area contributed by atoms with Gasteiger partial charge in [0.25, 0.3) is 0 Å². The van der Waals surface area contributed by atoms with Gasteiger partial charge in [0.2, 0.25) is 0 Å². The molecule has 0 bridgehead atoms. The molecule has 244 valence electrons. The minimum Gasteiger partial charge on any atom is -0.344 e. The molecule has 0 saturated carbocycles. The van der Waals surface area contributed by atoms with Crippen LogP contribution in [0, 0.1) is 0 Å². The highest BCUT2D eigenvalue weighted by atomic mass is 32.1. The van der Waals surface area contributed by atoms with Crippen LogP contribution in [-0.4, -0.2) is 16.2 Å². The van der Waals surface area contributed by atoms with Gasteiger partial charge in [-0.25, -0.2) is 9.98 Å². The summed E-state index contributed by atoms with van der Waals surface area (Å²) in [5, 5.41) is 13.8. The van der Waals surface area contributed by atoms with Crippen LogP contribution in [0.2, 0.25) is 0 Å². The van der Waals surface area contributed by atoms with Crippen LogP contribution < -0.4 is 5.32 Å². The van der Waals surface area contributed by atoms with Crippen molar-refractivity contribution >= 4 is 86.5 Å². The highest BCUT2D eigenvalue weighted by molar-refractivity contribution is 7.26. The van der Waals surface area contributed by atoms with E-state index in [2.05, 4.69) is 174 Å². The molecule has 0 saturated heterocycles. The van der Waals surface area contributed by atoms with Gasteiger partial charge in [-0.05, 0) is 75.6 Å². The molecule has 1 aliphatic heterocycles. The molecule has 1 atom stereocenters. The van der Waals surface area contributed by atoms with Gasteiger partial charge in [0.1, 0.15) is 12.0 Å². The van der Waals surface area contributed by atoms with E-state index in [9.17, 15) is 0 Å². The maximum Gasteiger partial charge on any atom is 0.159 e. The lowest BCUT2D eigenvalue weighted by Gasteiger charge is -2.24. The summed E-state index contributed by atoms with van der Waals surface area (Å²) in [6.07, 6.45) is -0.271. The van der Waals surface area contributed by atoms with Crippen molar-refractivity contribution in [2.24, 2.45) is 9.98 Å². The highest BCUT2D eigenvalue weighted by Gasteiger charge is 2.24. The number of nitrogens with one attached hydrogen (secondary N) is 1. The van der Waals surface area contributed by atoms with Crippen LogP contribution in [0.4, 0.5) is 0 Å². The molecule has 0 fully saturated rings. The van der Waals surface area contributed by atoms with Crippen molar-refractivity contribution in [3.63, 3.8) is 0 Å². The molecule has 2 aromatic heterocycles. The Morgan fingerprint density at radius 1 is 0.519 bits per heavy atom. The lowest BCUT2D eigenvalue weighted by atomic mass is 10.00. The zero-order valence-corrected chi connectivity index (χ0v) is 28.8. The van der Waals surface area contributed by atoms with E-state index in [0.717, 1.165) is 28.2 Å². The van der Waals surface area contributed by atoms with Gasteiger partial charge in [-0.2, -0.15) is 0 Å². The number of amidine groups is 2. The van der Waals surface area contributed by atoms with Crippen molar-refractivity contribution in [3.05, 3.63) is 187 Å². The molecule has 0 amide bonds. The van der Waals surface area contributed by atoms with E-state index < -0.39 is 0 Å². The summed E-state index contributed by atoms with van der Waals surface area (Å²) in [4.78, 5) is 10.4. The number of rotatable bonds is 4. The number of thiophene rings is 1. The molecule has 0 aliphatic carbocycles. The van der Waals surface area contributed by atoms with E-state index in [-0.39, 0.29) is 6.17 Å². The first-order chi connectivity index (χ1) is 25.8. The van der Waals surface area contributed by atoms with E-state index in [0.29, 0.717) is 5.84 Å². The topological polar surface area (TPSA) is 41.7 Å². The van der Waals surface area contributed by atoms with E-state index >= 15 is 0 Å². The Kier molecular flexibility index (Phi) is 6.45. The fraction of sp³-hybridized carbons (Fsp3) is 0.0213. The SMILES string of the molecule is c1ccc(C2N=C(c3ccc(-n4c5ccc6ccccc6c5c5c6ccccc6ccc54)cc3)N=C(c3cccc4c3sc3ccccc34)N2)cc1. The number of hydrogen-bond acceptors (Lipinski definition) is 4. The Hall–Kier alpha value is -6.56. The number of benzene rings is 8. The monoisotopic (exact) mass is 682 g/mol. The summed E-state index contributed by atoms with van der Waals surface area (Å²) in [6.45, 7) is 0. The average molecular weight is 683 g/mol. The van der Waals surface area contributed by atoms with Gasteiger partial charge in [-0.3, -0.25) is 0 Å². The van der Waals surface area contributed by atoms with Crippen LogP contribution in [0.1, 0.15) is 22.9 Å². The number of aromatic nitrogens is 1. The molecule has 52 heavy (non-hydrogen) atoms. The lowest BCUT2D eigenvalue weighted by molar-refractivity contribution is 0.674. The second kappa shape index (κ2) is 11.5. The summed E-state index contributed by atoms with van der Waals surface area (Å²) < 4.78 is 4.91. The number of nitrogens with zero attached hydrogens (tertiary/aromatic N) is 3. The third-order valence-electron chi connectivity index (χ3n) is 10.4. The van der Waals surface area contributed by atoms with E-state index in [1.807, 2.05) is 17.4 Å². The molecule has 10 aromatic rings. The van der Waals surface area contributed by atoms with Gasteiger partial charge in [0.15, 0.2) is 5.84 Å². The third-order valence-corrected chi connectivity index (χ3v) is 11.7. The van der Waals surface area contributed by atoms with Crippen LogP contribution in [0.5, 0.6) is 0 Å². The number of fused-ring (bicyclic) bond motifs is 10. The van der Waals surface area contributed by atoms with Crippen LogP contribution in [0.3, 0.4) is 0 Å². The maximum absolute atomic E-state index is 5.23. The van der Waals surface area contributed by atoms with Crippen LogP contribution in [0.15, 0.2) is 180 Å². The number of aliphatic imine (C=N–C) groups is 2. The molecule has 0 radical (unpaired) electrons. The minimum absolute atomic E-state index is 0.271. The minimum atomic E-state index is -0.271. The summed E-state index contributed by atoms with van der Waals surface area (Å²) >= 11 is 1.82. The Bertz CT molecular complexity index is 3000. The van der Waals surface area contributed by atoms with Crippen molar-refractivity contribution in [2.75, 3.05) is 0 Å². The standard InChI is InChI=1S/C47H30N4S/c1-2-13-31(14-3-1)45-48-46(50-47(49-45)38-19-10-18-37-36-17-8-9-20-41(36)52-44(37)38)32-21-25-33(26-22-32)51-39-27-23-29-11-4-6-15-34(29)42(39)43-35-16-7-5-12-30(35)24-28-40(43)51/h1-28,45H,(H,48,49,50). The zero-order valence-electron chi connectivity index (χ0n) is 28.0. The molecule has 1 N–H and O–H groups in total. The van der Waals surface area contributed by atoms with Crippen LogP contribution in [0.25, 0.3) is 69.2 Å². The van der Waals surface area contributed by atoms with Gasteiger partial charge >= 0.3 is 0 Å². The van der Waals surface area contributed by atoms with Crippen molar-refractivity contribution in [3.8, 4) is 5.69 Å². The molecule has 11 rings (SSSR count). The average Bonchev–Trinajstić information content (AvgIpc) is 3.78. The van der Waals surface area contributed by atoms with Gasteiger partial charge < -0.3 is 9.88 Å². The Balaban J connectivity index is 1.08. The fourth-order valence-electron chi connectivity index (χ4n) is 8.04. The molecule has 1 unspecified atom stereocenters. The van der Waals surface area contributed by atoms with Gasteiger partial charge in [-0.15, -0.1) is 11.3 Å². The van der Waals surface area contributed by atoms with E-state index in [1.54, 1.807) is 0 Å². The summed E-state index contributed by atoms with van der Waals surface area (Å²) in [5.41, 5.74) is 6.65. The van der Waals surface area contributed by atoms with Gasteiger partial charge in [0, 0.05) is 47.8 Å². The first-order valence-corrected chi connectivity index (χ1v) is 18.4. The zero-order chi connectivity index (χ0) is 34.2. The van der Waals surface area contributed by atoms with Crippen molar-refractivity contribution in [1.82, 2.24) is 9.88 Å². The van der Waals surface area contributed by atoms with Crippen molar-refractivity contribution in [2.45, 2.75) is 6.17 Å². The molecular formula is C47H30N4S. The lowest BCUT2D eigenvalue weighted by Crippen LogP contribution is -2.33. The summed E-state index contributed by atoms with van der Waals surface area (Å²) in [5.74, 6) is 1.55. The van der Waals surface area contributed by atoms with Gasteiger partial charge in [-0.1, -0.05) is 121 Å². The molecule has 4 nitrogen and oxygen atoms in total. The van der Waals surface area contributed by atoms with Gasteiger partial charge in [0.05, 0.1) is 11.0 Å². The molecular weight excluding hydrogens is 653 g/mol. The Morgan fingerprint density at radius 3 is 1.85 bits per heavy atom. The quantitative estimate of drug-likeness (QED) is 0.197. The number of hydrogen-bond donors (Lipinski definition) is 1.